The van der Waals surface area contributed by atoms with E-state index in [0.29, 0.717) is 0 Å². The second kappa shape index (κ2) is 5.39. The van der Waals surface area contributed by atoms with E-state index in [-0.39, 0.29) is 5.41 Å². The van der Waals surface area contributed by atoms with Crippen molar-refractivity contribution in [2.24, 2.45) is 11.3 Å². The van der Waals surface area contributed by atoms with Gasteiger partial charge in [-0.3, -0.25) is 0 Å². The SMILES string of the molecule is C=COC(=C)C1(CC)CCC(CC)CC1. The van der Waals surface area contributed by atoms with Gasteiger partial charge in [-0.15, -0.1) is 0 Å². The lowest BCUT2D eigenvalue weighted by Crippen LogP contribution is -2.29. The van der Waals surface area contributed by atoms with Gasteiger partial charge in [0.2, 0.25) is 0 Å². The molecule has 0 aromatic carbocycles. The van der Waals surface area contributed by atoms with Crippen LogP contribution in [-0.4, -0.2) is 0 Å². The lowest BCUT2D eigenvalue weighted by Gasteiger charge is -2.39. The monoisotopic (exact) mass is 208 g/mol. The summed E-state index contributed by atoms with van der Waals surface area (Å²) in [5.74, 6) is 1.84. The molecule has 1 saturated carbocycles. The van der Waals surface area contributed by atoms with Crippen molar-refractivity contribution in [1.82, 2.24) is 0 Å². The molecule has 86 valence electrons. The molecular weight excluding hydrogens is 184 g/mol. The zero-order chi connectivity index (χ0) is 11.3. The Labute approximate surface area is 94.2 Å². The molecule has 0 amide bonds. The highest BCUT2D eigenvalue weighted by atomic mass is 16.5. The fraction of sp³-hybridized carbons (Fsp3) is 0.714. The molecule has 1 aliphatic carbocycles. The molecule has 1 aliphatic rings. The lowest BCUT2D eigenvalue weighted by atomic mass is 9.67. The first-order valence-corrected chi connectivity index (χ1v) is 6.15. The fourth-order valence-corrected chi connectivity index (χ4v) is 2.69. The summed E-state index contributed by atoms with van der Waals surface area (Å²) in [6, 6.07) is 0. The van der Waals surface area contributed by atoms with Crippen LogP contribution in [0.1, 0.15) is 52.4 Å². The average molecular weight is 208 g/mol. The third kappa shape index (κ3) is 2.64. The van der Waals surface area contributed by atoms with Crippen LogP contribution in [0.5, 0.6) is 0 Å². The molecule has 0 aromatic rings. The molecule has 15 heavy (non-hydrogen) atoms. The van der Waals surface area contributed by atoms with Gasteiger partial charge in [0.15, 0.2) is 0 Å². The molecular formula is C14H24O. The van der Waals surface area contributed by atoms with Crippen molar-refractivity contribution < 1.29 is 4.74 Å². The van der Waals surface area contributed by atoms with Gasteiger partial charge in [-0.2, -0.15) is 0 Å². The van der Waals surface area contributed by atoms with Crippen LogP contribution in [0.25, 0.3) is 0 Å². The van der Waals surface area contributed by atoms with Gasteiger partial charge in [-0.25, -0.2) is 0 Å². The standard InChI is InChI=1S/C14H24O/c1-5-13-8-10-14(6-2,11-9-13)12(4)15-7-3/h7,13H,3-6,8-11H2,1-2H3. The molecule has 0 bridgehead atoms. The largest absolute Gasteiger partial charge is 0.470 e. The molecule has 0 aromatic heterocycles. The summed E-state index contributed by atoms with van der Waals surface area (Å²) in [5, 5.41) is 0. The van der Waals surface area contributed by atoms with Gasteiger partial charge in [-0.1, -0.05) is 33.4 Å². The predicted molar refractivity (Wildman–Crippen MR) is 65.4 cm³/mol. The topological polar surface area (TPSA) is 9.23 Å². The molecule has 0 N–H and O–H groups in total. The van der Waals surface area contributed by atoms with Crippen molar-refractivity contribution in [3.05, 3.63) is 25.2 Å². The van der Waals surface area contributed by atoms with Crippen LogP contribution in [0.3, 0.4) is 0 Å². The highest BCUT2D eigenvalue weighted by molar-refractivity contribution is 5.06. The smallest absolute Gasteiger partial charge is 0.102 e. The van der Waals surface area contributed by atoms with Crippen molar-refractivity contribution in [3.63, 3.8) is 0 Å². The summed E-state index contributed by atoms with van der Waals surface area (Å²) in [6.07, 6.45) is 9.06. The van der Waals surface area contributed by atoms with Crippen LogP contribution >= 0.6 is 0 Å². The van der Waals surface area contributed by atoms with E-state index >= 15 is 0 Å². The van der Waals surface area contributed by atoms with Gasteiger partial charge in [0.1, 0.15) is 5.76 Å². The van der Waals surface area contributed by atoms with Crippen molar-refractivity contribution in [1.29, 1.82) is 0 Å². The summed E-state index contributed by atoms with van der Waals surface area (Å²) >= 11 is 0. The maximum absolute atomic E-state index is 5.41. The van der Waals surface area contributed by atoms with Crippen molar-refractivity contribution in [3.8, 4) is 0 Å². The zero-order valence-electron chi connectivity index (χ0n) is 10.2. The third-order valence-corrected chi connectivity index (χ3v) is 4.13. The fourth-order valence-electron chi connectivity index (χ4n) is 2.69. The summed E-state index contributed by atoms with van der Waals surface area (Å²) < 4.78 is 5.41. The van der Waals surface area contributed by atoms with Crippen LogP contribution in [0.4, 0.5) is 0 Å². The minimum absolute atomic E-state index is 0.222. The Balaban J connectivity index is 2.63. The first-order chi connectivity index (χ1) is 7.18. The summed E-state index contributed by atoms with van der Waals surface area (Å²) in [7, 11) is 0. The van der Waals surface area contributed by atoms with E-state index in [1.54, 1.807) is 0 Å². The first-order valence-electron chi connectivity index (χ1n) is 6.15. The number of rotatable bonds is 5. The predicted octanol–water partition coefficient (Wildman–Crippen LogP) is 4.66. The van der Waals surface area contributed by atoms with Gasteiger partial charge in [0.05, 0.1) is 6.26 Å². The maximum Gasteiger partial charge on any atom is 0.102 e. The third-order valence-electron chi connectivity index (χ3n) is 4.13. The molecule has 0 atom stereocenters. The van der Waals surface area contributed by atoms with E-state index < -0.39 is 0 Å². The van der Waals surface area contributed by atoms with E-state index in [1.165, 1.54) is 38.4 Å². The second-order valence-electron chi connectivity index (χ2n) is 4.69. The second-order valence-corrected chi connectivity index (χ2v) is 4.69. The van der Waals surface area contributed by atoms with E-state index in [2.05, 4.69) is 27.0 Å². The van der Waals surface area contributed by atoms with Crippen molar-refractivity contribution in [2.45, 2.75) is 52.4 Å². The van der Waals surface area contributed by atoms with Gasteiger partial charge < -0.3 is 4.74 Å². The summed E-state index contributed by atoms with van der Waals surface area (Å²) in [5.41, 5.74) is 0.222. The minimum atomic E-state index is 0.222. The Kier molecular flexibility index (Phi) is 4.44. The number of hydrogen-bond donors (Lipinski definition) is 0. The molecule has 0 saturated heterocycles. The van der Waals surface area contributed by atoms with Crippen LogP contribution in [-0.2, 0) is 4.74 Å². The van der Waals surface area contributed by atoms with Gasteiger partial charge in [-0.05, 0) is 38.0 Å². The molecule has 1 nitrogen and oxygen atoms in total. The quantitative estimate of drug-likeness (QED) is 0.597. The highest BCUT2D eigenvalue weighted by Crippen LogP contribution is 2.47. The van der Waals surface area contributed by atoms with Crippen LogP contribution < -0.4 is 0 Å². The molecule has 1 rings (SSSR count). The van der Waals surface area contributed by atoms with E-state index in [0.717, 1.165) is 18.1 Å². The maximum atomic E-state index is 5.41. The molecule has 0 unspecified atom stereocenters. The van der Waals surface area contributed by atoms with E-state index in [4.69, 9.17) is 4.74 Å². The molecule has 0 heterocycles. The van der Waals surface area contributed by atoms with Crippen LogP contribution in [0, 0.1) is 11.3 Å². The van der Waals surface area contributed by atoms with Gasteiger partial charge >= 0.3 is 0 Å². The molecule has 0 aliphatic heterocycles. The molecule has 1 heteroatoms. The molecule has 0 radical (unpaired) electrons. The highest BCUT2D eigenvalue weighted by Gasteiger charge is 2.36. The molecule has 1 fully saturated rings. The van der Waals surface area contributed by atoms with Gasteiger partial charge in [0, 0.05) is 5.41 Å². The van der Waals surface area contributed by atoms with Gasteiger partial charge in [0.25, 0.3) is 0 Å². The first kappa shape index (κ1) is 12.4. The Morgan fingerprint density at radius 1 is 1.40 bits per heavy atom. The lowest BCUT2D eigenvalue weighted by molar-refractivity contribution is 0.114. The van der Waals surface area contributed by atoms with Crippen LogP contribution in [0.2, 0.25) is 0 Å². The molecule has 0 spiro atoms. The Hall–Kier alpha value is -0.720. The Bertz CT molecular complexity index is 221. The average Bonchev–Trinajstić information content (AvgIpc) is 2.29. The van der Waals surface area contributed by atoms with Crippen molar-refractivity contribution in [2.75, 3.05) is 0 Å². The zero-order valence-corrected chi connectivity index (χ0v) is 10.2. The van der Waals surface area contributed by atoms with E-state index in [9.17, 15) is 0 Å². The number of hydrogen-bond acceptors (Lipinski definition) is 1. The minimum Gasteiger partial charge on any atom is -0.470 e. The number of allylic oxidation sites excluding steroid dienone is 1. The normalized spacial score (nSPS) is 30.9. The Morgan fingerprint density at radius 3 is 2.40 bits per heavy atom. The van der Waals surface area contributed by atoms with Crippen molar-refractivity contribution >= 4 is 0 Å². The summed E-state index contributed by atoms with van der Waals surface area (Å²) in [6.45, 7) is 12.2. The number of ether oxygens (including phenoxy) is 1. The summed E-state index contributed by atoms with van der Waals surface area (Å²) in [4.78, 5) is 0. The Morgan fingerprint density at radius 2 is 2.00 bits per heavy atom. The van der Waals surface area contributed by atoms with Crippen LogP contribution in [0.15, 0.2) is 25.2 Å². The van der Waals surface area contributed by atoms with E-state index in [1.807, 2.05) is 0 Å².